The second-order valence-corrected chi connectivity index (χ2v) is 16.2. The van der Waals surface area contributed by atoms with Crippen molar-refractivity contribution in [2.24, 2.45) is 0 Å². The van der Waals surface area contributed by atoms with E-state index >= 15 is 0 Å². The van der Waals surface area contributed by atoms with Gasteiger partial charge in [-0.15, -0.1) is 0 Å². The van der Waals surface area contributed by atoms with Gasteiger partial charge >= 0.3 is 5.97 Å². The maximum Gasteiger partial charge on any atom is 0.306 e. The topological polar surface area (TPSA) is 214 Å². The van der Waals surface area contributed by atoms with Crippen LogP contribution < -0.4 is 0 Å². The number of hydrogen-bond donors (Lipinski definition) is 7. The molecule has 0 radical (unpaired) electrons. The van der Waals surface area contributed by atoms with Gasteiger partial charge in [-0.1, -0.05) is 119 Å². The van der Waals surface area contributed by atoms with Crippen LogP contribution >= 0.6 is 0 Å². The fraction of sp³-hybridized carbons (Fsp3) is 0.735. The van der Waals surface area contributed by atoms with Crippen molar-refractivity contribution in [2.75, 3.05) is 33.0 Å². The molecule has 63 heavy (non-hydrogen) atoms. The van der Waals surface area contributed by atoms with Crippen LogP contribution in [0.5, 0.6) is 0 Å². The first-order chi connectivity index (χ1) is 30.6. The Morgan fingerprint density at radius 2 is 0.984 bits per heavy atom. The lowest BCUT2D eigenvalue weighted by Gasteiger charge is -2.42. The number of allylic oxidation sites excluding steroid dienone is 12. The molecule has 2 rings (SSSR count). The molecule has 2 heterocycles. The first kappa shape index (κ1) is 56.6. The number of unbranched alkanes of at least 4 members (excludes halogenated alkanes) is 9. The second kappa shape index (κ2) is 36.6. The fourth-order valence-electron chi connectivity index (χ4n) is 6.90. The molecule has 2 aliphatic heterocycles. The van der Waals surface area contributed by atoms with Gasteiger partial charge in [-0.25, -0.2) is 0 Å². The molecular formula is C49H82O14. The van der Waals surface area contributed by atoms with Gasteiger partial charge in [0.25, 0.3) is 0 Å². The molecule has 2 fully saturated rings. The molecule has 7 N–H and O–H groups in total. The lowest BCUT2D eigenvalue weighted by molar-refractivity contribution is -0.332. The second-order valence-electron chi connectivity index (χ2n) is 16.2. The Labute approximate surface area is 377 Å². The van der Waals surface area contributed by atoms with Crippen molar-refractivity contribution in [3.63, 3.8) is 0 Å². The molecule has 0 amide bonds. The molecule has 0 aromatic rings. The van der Waals surface area contributed by atoms with E-state index in [0.717, 1.165) is 96.3 Å². The Bertz CT molecular complexity index is 1310. The number of aliphatic hydroxyl groups excluding tert-OH is 7. The third kappa shape index (κ3) is 25.1. The number of carbonyl (C=O) groups excluding carboxylic acids is 1. The molecule has 0 saturated carbocycles. The van der Waals surface area contributed by atoms with E-state index in [-0.39, 0.29) is 19.6 Å². The summed E-state index contributed by atoms with van der Waals surface area (Å²) in [5.41, 5.74) is 0. The maximum atomic E-state index is 12.9. The number of ether oxygens (including phenoxy) is 6. The van der Waals surface area contributed by atoms with Crippen LogP contribution in [0.2, 0.25) is 0 Å². The molecule has 2 aliphatic rings. The lowest BCUT2D eigenvalue weighted by atomic mass is 9.98. The molecule has 0 spiro atoms. The van der Waals surface area contributed by atoms with E-state index in [1.807, 2.05) is 0 Å². The highest BCUT2D eigenvalue weighted by molar-refractivity contribution is 5.69. The van der Waals surface area contributed by atoms with Gasteiger partial charge < -0.3 is 64.2 Å². The van der Waals surface area contributed by atoms with Gasteiger partial charge in [-0.2, -0.15) is 0 Å². The van der Waals surface area contributed by atoms with E-state index in [1.165, 1.54) is 6.42 Å². The summed E-state index contributed by atoms with van der Waals surface area (Å²) in [6.07, 6.45) is 26.9. The minimum absolute atomic E-state index is 0.0362. The maximum absolute atomic E-state index is 12.9. The van der Waals surface area contributed by atoms with Crippen molar-refractivity contribution in [1.29, 1.82) is 0 Å². The SMILES string of the molecule is CC/C=C\C/C=C\C/C=C\CCCCCCCCOCC(COC1OC(COC2OC(CO)C(O)C(O)C2O)C(O)C(O)C1O)OC(=O)CCCCC/C=C\C/C=C\C/C=C\CC. The van der Waals surface area contributed by atoms with Crippen LogP contribution in [0, 0.1) is 0 Å². The summed E-state index contributed by atoms with van der Waals surface area (Å²) in [4.78, 5) is 12.9. The predicted molar refractivity (Wildman–Crippen MR) is 242 cm³/mol. The van der Waals surface area contributed by atoms with Crippen molar-refractivity contribution in [2.45, 2.75) is 197 Å². The first-order valence-corrected chi connectivity index (χ1v) is 23.5. The van der Waals surface area contributed by atoms with Gasteiger partial charge in [0.2, 0.25) is 0 Å². The quantitative estimate of drug-likeness (QED) is 0.0223. The van der Waals surface area contributed by atoms with Crippen LogP contribution in [-0.2, 0) is 33.2 Å². The highest BCUT2D eigenvalue weighted by Crippen LogP contribution is 2.26. The van der Waals surface area contributed by atoms with E-state index in [0.29, 0.717) is 13.0 Å². The van der Waals surface area contributed by atoms with Crippen molar-refractivity contribution in [1.82, 2.24) is 0 Å². The molecule has 14 nitrogen and oxygen atoms in total. The van der Waals surface area contributed by atoms with Gasteiger partial charge in [-0.05, 0) is 77.0 Å². The third-order valence-corrected chi connectivity index (χ3v) is 10.7. The fourth-order valence-corrected chi connectivity index (χ4v) is 6.90. The minimum atomic E-state index is -1.72. The summed E-state index contributed by atoms with van der Waals surface area (Å²) in [5.74, 6) is -0.414. The zero-order valence-electron chi connectivity index (χ0n) is 38.0. The smallest absolute Gasteiger partial charge is 0.306 e. The molecule has 0 aromatic heterocycles. The lowest BCUT2D eigenvalue weighted by Crippen LogP contribution is -2.61. The molecule has 2 saturated heterocycles. The summed E-state index contributed by atoms with van der Waals surface area (Å²) in [7, 11) is 0. The van der Waals surface area contributed by atoms with Crippen LogP contribution in [0.3, 0.4) is 0 Å². The summed E-state index contributed by atoms with van der Waals surface area (Å²) in [6, 6.07) is 0. The summed E-state index contributed by atoms with van der Waals surface area (Å²) < 4.78 is 34.1. The summed E-state index contributed by atoms with van der Waals surface area (Å²) in [5, 5.41) is 72.0. The van der Waals surface area contributed by atoms with Crippen LogP contribution in [0.15, 0.2) is 72.9 Å². The zero-order chi connectivity index (χ0) is 45.9. The average Bonchev–Trinajstić information content (AvgIpc) is 3.28. The number of hydrogen-bond acceptors (Lipinski definition) is 14. The normalized spacial score (nSPS) is 27.6. The molecule has 14 heteroatoms. The van der Waals surface area contributed by atoms with E-state index in [1.54, 1.807) is 0 Å². The molecule has 11 atom stereocenters. The highest BCUT2D eigenvalue weighted by Gasteiger charge is 2.47. The van der Waals surface area contributed by atoms with Crippen LogP contribution in [-0.4, -0.2) is 142 Å². The summed E-state index contributed by atoms with van der Waals surface area (Å²) >= 11 is 0. The van der Waals surface area contributed by atoms with Gasteiger partial charge in [0.05, 0.1) is 26.4 Å². The highest BCUT2D eigenvalue weighted by atomic mass is 16.7. The van der Waals surface area contributed by atoms with Crippen LogP contribution in [0.4, 0.5) is 0 Å². The largest absolute Gasteiger partial charge is 0.457 e. The standard InChI is InChI=1S/C49H82O14/c1-3-5-7-9-11-13-15-17-18-19-21-23-25-27-29-31-33-58-35-38(61-41(51)32-30-28-26-24-22-20-16-14-12-10-8-6-4-2)36-59-48-47(57)45(55)43(53)40(63-48)37-60-49-46(56)44(54)42(52)39(34-50)62-49/h5-8,11-14,17-18,20,22,38-40,42-50,52-57H,3-4,9-10,15-16,19,21,23-37H2,1-2H3/b7-5-,8-6-,13-11-,14-12-,18-17-,22-20-. The van der Waals surface area contributed by atoms with E-state index in [9.17, 15) is 40.5 Å². The Balaban J connectivity index is 1.82. The molecule has 0 bridgehead atoms. The molecular weight excluding hydrogens is 813 g/mol. The van der Waals surface area contributed by atoms with E-state index in [2.05, 4.69) is 86.8 Å². The van der Waals surface area contributed by atoms with Gasteiger partial charge in [-0.3, -0.25) is 4.79 Å². The Morgan fingerprint density at radius 3 is 1.54 bits per heavy atom. The van der Waals surface area contributed by atoms with Crippen molar-refractivity contribution < 1.29 is 69.0 Å². The number of aliphatic hydroxyl groups is 7. The number of esters is 1. The molecule has 0 aromatic carbocycles. The van der Waals surface area contributed by atoms with Crippen molar-refractivity contribution in [3.8, 4) is 0 Å². The molecule has 362 valence electrons. The number of carbonyl (C=O) groups is 1. The monoisotopic (exact) mass is 895 g/mol. The van der Waals surface area contributed by atoms with Crippen molar-refractivity contribution >= 4 is 5.97 Å². The number of rotatable bonds is 35. The first-order valence-electron chi connectivity index (χ1n) is 23.5. The van der Waals surface area contributed by atoms with Crippen molar-refractivity contribution in [3.05, 3.63) is 72.9 Å². The van der Waals surface area contributed by atoms with E-state index in [4.69, 9.17) is 28.4 Å². The van der Waals surface area contributed by atoms with Crippen LogP contribution in [0.25, 0.3) is 0 Å². The average molecular weight is 895 g/mol. The van der Waals surface area contributed by atoms with Gasteiger partial charge in [0.1, 0.15) is 54.9 Å². The predicted octanol–water partition coefficient (Wildman–Crippen LogP) is 5.95. The molecule has 11 unspecified atom stereocenters. The van der Waals surface area contributed by atoms with Crippen LogP contribution in [0.1, 0.15) is 129 Å². The Morgan fingerprint density at radius 1 is 0.524 bits per heavy atom. The molecule has 0 aliphatic carbocycles. The van der Waals surface area contributed by atoms with E-state index < -0.39 is 86.7 Å². The Hall–Kier alpha value is -2.57. The zero-order valence-corrected chi connectivity index (χ0v) is 38.0. The van der Waals surface area contributed by atoms with Gasteiger partial charge in [0, 0.05) is 13.0 Å². The third-order valence-electron chi connectivity index (χ3n) is 10.7. The van der Waals surface area contributed by atoms with Gasteiger partial charge in [0.15, 0.2) is 12.6 Å². The summed E-state index contributed by atoms with van der Waals surface area (Å²) in [6.45, 7) is 3.35. The Kier molecular flexibility index (Phi) is 32.9. The minimum Gasteiger partial charge on any atom is -0.457 e.